The van der Waals surface area contributed by atoms with E-state index in [0.717, 1.165) is 18.4 Å². The Morgan fingerprint density at radius 1 is 1.32 bits per heavy atom. The van der Waals surface area contributed by atoms with Crippen LogP contribution in [-0.4, -0.2) is 37.7 Å². The number of hydrogen-bond donors (Lipinski definition) is 1. The maximum Gasteiger partial charge on any atom is 0.152 e. The monoisotopic (exact) mass is 284 g/mol. The summed E-state index contributed by atoms with van der Waals surface area (Å²) in [6.07, 6.45) is 1.12. The Labute approximate surface area is 114 Å². The lowest BCUT2D eigenvalue weighted by atomic mass is 10.1. The lowest BCUT2D eigenvalue weighted by Crippen LogP contribution is -2.23. The molecule has 2 rings (SSSR count). The Balaban J connectivity index is 1.83. The maximum absolute atomic E-state index is 11.9. The number of sulfone groups is 1. The van der Waals surface area contributed by atoms with Gasteiger partial charge >= 0.3 is 0 Å². The minimum atomic E-state index is -3.15. The molecule has 1 aromatic carbocycles. The molecule has 4 nitrogen and oxygen atoms in total. The van der Waals surface area contributed by atoms with Gasteiger partial charge in [-0.3, -0.25) is 0 Å². The summed E-state index contributed by atoms with van der Waals surface area (Å²) < 4.78 is 29.2. The van der Waals surface area contributed by atoms with Crippen molar-refractivity contribution in [2.24, 2.45) is 0 Å². The minimum Gasteiger partial charge on any atom is -0.388 e. The maximum atomic E-state index is 11.9. The molecule has 0 aliphatic carbocycles. The Morgan fingerprint density at radius 3 is 2.68 bits per heavy atom. The average Bonchev–Trinajstić information content (AvgIpc) is 2.89. The zero-order chi connectivity index (χ0) is 13.7. The largest absolute Gasteiger partial charge is 0.388 e. The summed E-state index contributed by atoms with van der Waals surface area (Å²) in [7, 11) is -3.15. The second-order valence-corrected chi connectivity index (χ2v) is 7.19. The van der Waals surface area contributed by atoms with Crippen LogP contribution in [0, 0.1) is 0 Å². The van der Waals surface area contributed by atoms with E-state index < -0.39 is 15.9 Å². The molecule has 5 heteroatoms. The summed E-state index contributed by atoms with van der Waals surface area (Å²) >= 11 is 0. The lowest BCUT2D eigenvalue weighted by molar-refractivity contribution is 0.127. The molecule has 1 aliphatic rings. The molecular formula is C14H20O4S. The highest BCUT2D eigenvalue weighted by atomic mass is 32.2. The molecule has 0 aromatic heterocycles. The van der Waals surface area contributed by atoms with Gasteiger partial charge in [0.05, 0.1) is 23.7 Å². The zero-order valence-electron chi connectivity index (χ0n) is 10.9. The minimum absolute atomic E-state index is 0.00290. The van der Waals surface area contributed by atoms with E-state index in [9.17, 15) is 13.5 Å². The Hall–Kier alpha value is -0.910. The first kappa shape index (κ1) is 14.5. The SMILES string of the molecule is O=S(=O)(CC[C@H](O)c1ccccc1)CC1CCCO1. The third-order valence-corrected chi connectivity index (χ3v) is 5.09. The molecule has 1 heterocycles. The molecule has 0 spiro atoms. The quantitative estimate of drug-likeness (QED) is 0.863. The fraction of sp³-hybridized carbons (Fsp3) is 0.571. The van der Waals surface area contributed by atoms with E-state index >= 15 is 0 Å². The molecule has 1 N–H and O–H groups in total. The van der Waals surface area contributed by atoms with Crippen LogP contribution in [0.25, 0.3) is 0 Å². The highest BCUT2D eigenvalue weighted by Gasteiger charge is 2.24. The van der Waals surface area contributed by atoms with E-state index in [-0.39, 0.29) is 24.0 Å². The summed E-state index contributed by atoms with van der Waals surface area (Å²) in [5.41, 5.74) is 0.759. The van der Waals surface area contributed by atoms with Crippen molar-refractivity contribution < 1.29 is 18.3 Å². The van der Waals surface area contributed by atoms with Crippen molar-refractivity contribution in [2.45, 2.75) is 31.5 Å². The number of ether oxygens (including phenoxy) is 1. The van der Waals surface area contributed by atoms with Gasteiger partial charge in [-0.05, 0) is 24.8 Å². The highest BCUT2D eigenvalue weighted by molar-refractivity contribution is 7.91. The summed E-state index contributed by atoms with van der Waals surface area (Å²) in [6, 6.07) is 9.14. The Morgan fingerprint density at radius 2 is 2.05 bits per heavy atom. The van der Waals surface area contributed by atoms with Gasteiger partial charge in [-0.25, -0.2) is 8.42 Å². The van der Waals surface area contributed by atoms with E-state index in [1.807, 2.05) is 18.2 Å². The van der Waals surface area contributed by atoms with Gasteiger partial charge in [0.15, 0.2) is 9.84 Å². The first-order chi connectivity index (χ1) is 9.07. The van der Waals surface area contributed by atoms with Gasteiger partial charge in [0.1, 0.15) is 0 Å². The van der Waals surface area contributed by atoms with Crippen LogP contribution in [0.2, 0.25) is 0 Å². The van der Waals surface area contributed by atoms with Gasteiger partial charge in [0, 0.05) is 6.61 Å². The predicted octanol–water partition coefficient (Wildman–Crippen LogP) is 1.70. The Bertz CT molecular complexity index is 477. The van der Waals surface area contributed by atoms with Crippen molar-refractivity contribution in [2.75, 3.05) is 18.1 Å². The van der Waals surface area contributed by atoms with Gasteiger partial charge in [-0.1, -0.05) is 30.3 Å². The Kier molecular flexibility index (Phi) is 4.96. The fourth-order valence-electron chi connectivity index (χ4n) is 2.28. The van der Waals surface area contributed by atoms with Crippen LogP contribution < -0.4 is 0 Å². The van der Waals surface area contributed by atoms with Crippen LogP contribution in [0.5, 0.6) is 0 Å². The van der Waals surface area contributed by atoms with E-state index in [1.165, 1.54) is 0 Å². The van der Waals surface area contributed by atoms with Crippen molar-refractivity contribution in [1.82, 2.24) is 0 Å². The summed E-state index contributed by atoms with van der Waals surface area (Å²) in [6.45, 7) is 0.660. The third-order valence-electron chi connectivity index (χ3n) is 3.35. The molecule has 1 unspecified atom stereocenters. The van der Waals surface area contributed by atoms with E-state index in [2.05, 4.69) is 0 Å². The lowest BCUT2D eigenvalue weighted by Gasteiger charge is -2.13. The third kappa shape index (κ3) is 4.60. The molecular weight excluding hydrogens is 264 g/mol. The molecule has 0 amide bonds. The molecule has 0 bridgehead atoms. The summed E-state index contributed by atoms with van der Waals surface area (Å²) in [4.78, 5) is 0. The standard InChI is InChI=1S/C14H20O4S/c15-14(12-5-2-1-3-6-12)8-10-19(16,17)11-13-7-4-9-18-13/h1-3,5-6,13-15H,4,7-11H2/t13?,14-/m0/s1. The molecule has 106 valence electrons. The van der Waals surface area contributed by atoms with Crippen molar-refractivity contribution in [1.29, 1.82) is 0 Å². The number of aliphatic hydroxyl groups is 1. The molecule has 1 saturated heterocycles. The van der Waals surface area contributed by atoms with E-state index in [0.29, 0.717) is 6.61 Å². The van der Waals surface area contributed by atoms with Crippen LogP contribution in [0.4, 0.5) is 0 Å². The van der Waals surface area contributed by atoms with Gasteiger partial charge in [0.2, 0.25) is 0 Å². The van der Waals surface area contributed by atoms with Crippen LogP contribution in [0.3, 0.4) is 0 Å². The van der Waals surface area contributed by atoms with Gasteiger partial charge in [-0.2, -0.15) is 0 Å². The zero-order valence-corrected chi connectivity index (χ0v) is 11.7. The summed E-state index contributed by atoms with van der Waals surface area (Å²) in [5.74, 6) is 0.0808. The van der Waals surface area contributed by atoms with E-state index in [1.54, 1.807) is 12.1 Å². The molecule has 1 aliphatic heterocycles. The first-order valence-corrected chi connectivity index (χ1v) is 8.44. The van der Waals surface area contributed by atoms with E-state index in [4.69, 9.17) is 4.74 Å². The topological polar surface area (TPSA) is 63.6 Å². The van der Waals surface area contributed by atoms with Crippen LogP contribution in [0.1, 0.15) is 30.9 Å². The molecule has 0 radical (unpaired) electrons. The van der Waals surface area contributed by atoms with Crippen LogP contribution >= 0.6 is 0 Å². The number of aliphatic hydroxyl groups excluding tert-OH is 1. The van der Waals surface area contributed by atoms with Crippen molar-refractivity contribution in [3.8, 4) is 0 Å². The number of benzene rings is 1. The highest BCUT2D eigenvalue weighted by Crippen LogP contribution is 2.19. The van der Waals surface area contributed by atoms with Crippen LogP contribution in [-0.2, 0) is 14.6 Å². The second kappa shape index (κ2) is 6.50. The number of rotatable bonds is 6. The average molecular weight is 284 g/mol. The smallest absolute Gasteiger partial charge is 0.152 e. The van der Waals surface area contributed by atoms with Gasteiger partial charge in [-0.15, -0.1) is 0 Å². The van der Waals surface area contributed by atoms with Gasteiger partial charge < -0.3 is 9.84 Å². The molecule has 2 atom stereocenters. The molecule has 19 heavy (non-hydrogen) atoms. The number of hydrogen-bond acceptors (Lipinski definition) is 4. The van der Waals surface area contributed by atoms with Crippen molar-refractivity contribution in [3.05, 3.63) is 35.9 Å². The van der Waals surface area contributed by atoms with Gasteiger partial charge in [0.25, 0.3) is 0 Å². The fourth-order valence-corrected chi connectivity index (χ4v) is 3.85. The van der Waals surface area contributed by atoms with Crippen molar-refractivity contribution >= 4 is 9.84 Å². The molecule has 0 saturated carbocycles. The molecule has 1 fully saturated rings. The van der Waals surface area contributed by atoms with Crippen LogP contribution in [0.15, 0.2) is 30.3 Å². The second-order valence-electron chi connectivity index (χ2n) is 4.96. The first-order valence-electron chi connectivity index (χ1n) is 6.62. The van der Waals surface area contributed by atoms with Crippen molar-refractivity contribution in [3.63, 3.8) is 0 Å². The summed E-state index contributed by atoms with van der Waals surface area (Å²) in [5, 5.41) is 9.95. The molecule has 1 aromatic rings. The predicted molar refractivity (Wildman–Crippen MR) is 73.6 cm³/mol. The normalized spacial score (nSPS) is 21.4.